The van der Waals surface area contributed by atoms with Gasteiger partial charge in [-0.05, 0) is 39.8 Å². The molecule has 0 bridgehead atoms. The van der Waals surface area contributed by atoms with Gasteiger partial charge in [0.2, 0.25) is 10.0 Å². The topological polar surface area (TPSA) is 80.6 Å². The van der Waals surface area contributed by atoms with E-state index in [2.05, 4.69) is 15.0 Å². The van der Waals surface area contributed by atoms with Gasteiger partial charge in [0.1, 0.15) is 4.90 Å². The molecular formula is C18H27N5O3S. The van der Waals surface area contributed by atoms with Crippen LogP contribution in [-0.4, -0.2) is 78.3 Å². The molecule has 0 saturated carbocycles. The third kappa shape index (κ3) is 3.37. The van der Waals surface area contributed by atoms with Gasteiger partial charge in [-0.15, -0.1) is 0 Å². The Labute approximate surface area is 160 Å². The molecule has 9 heteroatoms. The molecule has 0 radical (unpaired) electrons. The first kappa shape index (κ1) is 18.8. The molecule has 2 fully saturated rings. The van der Waals surface area contributed by atoms with E-state index in [1.165, 1.54) is 6.20 Å². The SMILES string of the molecule is Cc1nn(C2CCOCC2)c2ncc(S(=O)(=O)N3CCN(C)CC3C)cc12. The van der Waals surface area contributed by atoms with Crippen molar-refractivity contribution in [1.29, 1.82) is 0 Å². The summed E-state index contributed by atoms with van der Waals surface area (Å²) in [4.78, 5) is 6.93. The van der Waals surface area contributed by atoms with Gasteiger partial charge in [0.05, 0.1) is 11.7 Å². The Hall–Kier alpha value is -1.55. The summed E-state index contributed by atoms with van der Waals surface area (Å²) in [5.41, 5.74) is 1.57. The van der Waals surface area contributed by atoms with Crippen LogP contribution in [0.5, 0.6) is 0 Å². The van der Waals surface area contributed by atoms with Crippen molar-refractivity contribution in [1.82, 2.24) is 24.0 Å². The van der Waals surface area contributed by atoms with E-state index >= 15 is 0 Å². The van der Waals surface area contributed by atoms with Crippen molar-refractivity contribution in [3.63, 3.8) is 0 Å². The second kappa shape index (κ2) is 7.12. The molecule has 2 saturated heterocycles. The standard InChI is InChI=1S/C18H27N5O3S/c1-13-12-21(3)6-7-22(13)27(24,25)16-10-17-14(2)20-23(18(17)19-11-16)15-4-8-26-9-5-15/h10-11,13,15H,4-9,12H2,1-3H3. The molecule has 148 valence electrons. The molecule has 2 aromatic heterocycles. The van der Waals surface area contributed by atoms with E-state index in [9.17, 15) is 8.42 Å². The fourth-order valence-electron chi connectivity index (χ4n) is 4.09. The predicted molar refractivity (Wildman–Crippen MR) is 102 cm³/mol. The molecular weight excluding hydrogens is 366 g/mol. The second-order valence-electron chi connectivity index (χ2n) is 7.64. The molecule has 0 N–H and O–H groups in total. The van der Waals surface area contributed by atoms with Crippen molar-refractivity contribution in [2.75, 3.05) is 39.9 Å². The number of nitrogens with zero attached hydrogens (tertiary/aromatic N) is 5. The number of hydrogen-bond acceptors (Lipinski definition) is 6. The largest absolute Gasteiger partial charge is 0.381 e. The zero-order valence-electron chi connectivity index (χ0n) is 16.1. The van der Waals surface area contributed by atoms with Gasteiger partial charge >= 0.3 is 0 Å². The Bertz CT molecular complexity index is 936. The third-order valence-electron chi connectivity index (χ3n) is 5.62. The van der Waals surface area contributed by atoms with Crippen LogP contribution in [0.4, 0.5) is 0 Å². The fourth-order valence-corrected chi connectivity index (χ4v) is 5.68. The van der Waals surface area contributed by atoms with E-state index in [0.717, 1.165) is 55.9 Å². The van der Waals surface area contributed by atoms with Crippen LogP contribution < -0.4 is 0 Å². The highest BCUT2D eigenvalue weighted by molar-refractivity contribution is 7.89. The van der Waals surface area contributed by atoms with Gasteiger partial charge in [-0.1, -0.05) is 0 Å². The summed E-state index contributed by atoms with van der Waals surface area (Å²) in [6, 6.07) is 1.93. The summed E-state index contributed by atoms with van der Waals surface area (Å²) in [7, 11) is -1.56. The first-order chi connectivity index (χ1) is 12.9. The van der Waals surface area contributed by atoms with Crippen LogP contribution in [0.15, 0.2) is 17.2 Å². The number of aryl methyl sites for hydroxylation is 1. The zero-order valence-corrected chi connectivity index (χ0v) is 16.9. The Kier molecular flexibility index (Phi) is 4.96. The minimum atomic E-state index is -3.57. The van der Waals surface area contributed by atoms with Crippen molar-refractivity contribution in [2.24, 2.45) is 0 Å². The summed E-state index contributed by atoms with van der Waals surface area (Å²) < 4.78 is 35.4. The molecule has 0 aliphatic carbocycles. The van der Waals surface area contributed by atoms with Gasteiger partial charge in [-0.2, -0.15) is 9.40 Å². The number of aromatic nitrogens is 3. The molecule has 0 spiro atoms. The molecule has 0 amide bonds. The van der Waals surface area contributed by atoms with Crippen molar-refractivity contribution in [3.8, 4) is 0 Å². The summed E-state index contributed by atoms with van der Waals surface area (Å²) in [6.07, 6.45) is 3.28. The number of rotatable bonds is 3. The van der Waals surface area contributed by atoms with Crippen LogP contribution >= 0.6 is 0 Å². The normalized spacial score (nSPS) is 23.9. The maximum Gasteiger partial charge on any atom is 0.244 e. The van der Waals surface area contributed by atoms with Gasteiger partial charge in [0, 0.05) is 50.5 Å². The van der Waals surface area contributed by atoms with Crippen molar-refractivity contribution in [3.05, 3.63) is 18.0 Å². The van der Waals surface area contributed by atoms with Crippen molar-refractivity contribution >= 4 is 21.1 Å². The average molecular weight is 394 g/mol. The van der Waals surface area contributed by atoms with E-state index in [0.29, 0.717) is 6.54 Å². The van der Waals surface area contributed by atoms with Crippen LogP contribution in [0.3, 0.4) is 0 Å². The maximum absolute atomic E-state index is 13.2. The lowest BCUT2D eigenvalue weighted by Gasteiger charge is -2.37. The van der Waals surface area contributed by atoms with Crippen LogP contribution in [0.25, 0.3) is 11.0 Å². The highest BCUT2D eigenvalue weighted by Gasteiger charge is 2.33. The molecule has 1 unspecified atom stereocenters. The molecule has 2 aromatic rings. The molecule has 4 rings (SSSR count). The van der Waals surface area contributed by atoms with Gasteiger partial charge in [0.25, 0.3) is 0 Å². The number of ether oxygens (including phenoxy) is 1. The molecule has 2 aliphatic heterocycles. The quantitative estimate of drug-likeness (QED) is 0.785. The maximum atomic E-state index is 13.2. The Morgan fingerprint density at radius 3 is 2.67 bits per heavy atom. The molecule has 8 nitrogen and oxygen atoms in total. The highest BCUT2D eigenvalue weighted by Crippen LogP contribution is 2.29. The lowest BCUT2D eigenvalue weighted by Crippen LogP contribution is -2.52. The van der Waals surface area contributed by atoms with Crippen molar-refractivity contribution < 1.29 is 13.2 Å². The van der Waals surface area contributed by atoms with E-state index in [4.69, 9.17) is 4.74 Å². The van der Waals surface area contributed by atoms with E-state index in [-0.39, 0.29) is 17.0 Å². The van der Waals surface area contributed by atoms with Gasteiger partial charge in [-0.3, -0.25) is 0 Å². The monoisotopic (exact) mass is 393 g/mol. The lowest BCUT2D eigenvalue weighted by atomic mass is 10.1. The number of sulfonamides is 1. The molecule has 27 heavy (non-hydrogen) atoms. The second-order valence-corrected chi connectivity index (χ2v) is 9.53. The van der Waals surface area contributed by atoms with E-state index < -0.39 is 10.0 Å². The van der Waals surface area contributed by atoms with E-state index in [1.54, 1.807) is 10.4 Å². The number of likely N-dealkylation sites (N-methyl/N-ethyl adjacent to an activating group) is 1. The van der Waals surface area contributed by atoms with Gasteiger partial charge in [-0.25, -0.2) is 18.1 Å². The van der Waals surface area contributed by atoms with Gasteiger partial charge in [0.15, 0.2) is 5.65 Å². The van der Waals surface area contributed by atoms with E-state index in [1.807, 2.05) is 25.6 Å². The number of pyridine rings is 1. The Morgan fingerprint density at radius 2 is 1.96 bits per heavy atom. The number of hydrogen-bond donors (Lipinski definition) is 0. The number of piperazine rings is 1. The fraction of sp³-hybridized carbons (Fsp3) is 0.667. The van der Waals surface area contributed by atoms with Gasteiger partial charge < -0.3 is 9.64 Å². The van der Waals surface area contributed by atoms with Crippen LogP contribution in [0, 0.1) is 6.92 Å². The molecule has 0 aromatic carbocycles. The zero-order chi connectivity index (χ0) is 19.2. The van der Waals surface area contributed by atoms with Crippen LogP contribution in [0.1, 0.15) is 31.5 Å². The van der Waals surface area contributed by atoms with Crippen LogP contribution in [0.2, 0.25) is 0 Å². The Morgan fingerprint density at radius 1 is 1.22 bits per heavy atom. The Balaban J connectivity index is 1.70. The number of fused-ring (bicyclic) bond motifs is 1. The summed E-state index contributed by atoms with van der Waals surface area (Å²) in [5, 5.41) is 5.47. The minimum absolute atomic E-state index is 0.0597. The summed E-state index contributed by atoms with van der Waals surface area (Å²) in [6.45, 7) is 7.27. The minimum Gasteiger partial charge on any atom is -0.381 e. The lowest BCUT2D eigenvalue weighted by molar-refractivity contribution is 0.0672. The van der Waals surface area contributed by atoms with Crippen LogP contribution in [-0.2, 0) is 14.8 Å². The smallest absolute Gasteiger partial charge is 0.244 e. The average Bonchev–Trinajstić information content (AvgIpc) is 2.98. The molecule has 1 atom stereocenters. The first-order valence-corrected chi connectivity index (χ1v) is 10.9. The van der Waals surface area contributed by atoms with Crippen molar-refractivity contribution in [2.45, 2.75) is 43.7 Å². The molecule has 4 heterocycles. The molecule has 2 aliphatic rings. The first-order valence-electron chi connectivity index (χ1n) is 9.51. The summed E-state index contributed by atoms with van der Waals surface area (Å²) in [5.74, 6) is 0. The predicted octanol–water partition coefficient (Wildman–Crippen LogP) is 1.42. The summed E-state index contributed by atoms with van der Waals surface area (Å²) >= 11 is 0. The third-order valence-corrected chi connectivity index (χ3v) is 7.60. The highest BCUT2D eigenvalue weighted by atomic mass is 32.2.